The van der Waals surface area contributed by atoms with Crippen molar-refractivity contribution in [2.24, 2.45) is 10.7 Å². The second kappa shape index (κ2) is 10.8. The van der Waals surface area contributed by atoms with Crippen molar-refractivity contribution < 1.29 is 9.18 Å². The fourth-order valence-corrected chi connectivity index (χ4v) is 2.77. The number of unbranched alkanes of at least 4 members (excludes halogenated alkanes) is 1. The number of amides is 1. The lowest BCUT2D eigenvalue weighted by Gasteiger charge is -2.23. The summed E-state index contributed by atoms with van der Waals surface area (Å²) in [7, 11) is 3.46. The van der Waals surface area contributed by atoms with Crippen LogP contribution in [0.3, 0.4) is 0 Å². The molecular weight excluding hydrogens is 371 g/mol. The van der Waals surface area contributed by atoms with E-state index in [2.05, 4.69) is 27.2 Å². The Bertz CT molecular complexity index is 916. The summed E-state index contributed by atoms with van der Waals surface area (Å²) in [5, 5.41) is 2.75. The van der Waals surface area contributed by atoms with Gasteiger partial charge >= 0.3 is 0 Å². The number of aromatic nitrogens is 2. The zero-order chi connectivity index (χ0) is 21.2. The number of halogens is 1. The van der Waals surface area contributed by atoms with Crippen LogP contribution in [-0.4, -0.2) is 42.7 Å². The molecule has 8 heteroatoms. The van der Waals surface area contributed by atoms with Crippen LogP contribution in [0.25, 0.3) is 5.57 Å². The van der Waals surface area contributed by atoms with Gasteiger partial charge in [0.2, 0.25) is 0 Å². The van der Waals surface area contributed by atoms with Crippen LogP contribution in [0.2, 0.25) is 0 Å². The number of aliphatic imine (C=N–C) groups is 1. The smallest absolute Gasteiger partial charge is 0.291 e. The summed E-state index contributed by atoms with van der Waals surface area (Å²) >= 11 is 0. The Kier molecular flexibility index (Phi) is 8.14. The van der Waals surface area contributed by atoms with E-state index in [4.69, 9.17) is 5.73 Å². The van der Waals surface area contributed by atoms with Crippen molar-refractivity contribution in [2.75, 3.05) is 30.9 Å². The lowest BCUT2D eigenvalue weighted by atomic mass is 10.2. The molecule has 0 atom stereocenters. The zero-order valence-corrected chi connectivity index (χ0v) is 16.9. The van der Waals surface area contributed by atoms with Gasteiger partial charge in [0.25, 0.3) is 5.91 Å². The number of anilines is 2. The average molecular weight is 398 g/mol. The van der Waals surface area contributed by atoms with Crippen molar-refractivity contribution in [1.29, 1.82) is 0 Å². The van der Waals surface area contributed by atoms with E-state index in [1.807, 2.05) is 0 Å². The molecule has 1 aromatic heterocycles. The van der Waals surface area contributed by atoms with Crippen molar-refractivity contribution >= 4 is 29.1 Å². The molecule has 7 nitrogen and oxygen atoms in total. The highest BCUT2D eigenvalue weighted by Crippen LogP contribution is 2.29. The molecule has 0 saturated carbocycles. The molecule has 0 spiro atoms. The quantitative estimate of drug-likeness (QED) is 0.444. The first-order valence-electron chi connectivity index (χ1n) is 9.38. The van der Waals surface area contributed by atoms with Gasteiger partial charge in [-0.25, -0.2) is 9.37 Å². The van der Waals surface area contributed by atoms with Gasteiger partial charge in [-0.15, -0.1) is 0 Å². The Balaban J connectivity index is 2.26. The standard InChI is InChI=1S/C21H27FN6O/c1-4-5-13-28(3)19-16(22)7-6-8-17(19)27-21(29)20-25-14-18(26-20)15(9-11-23)10-12-24-2/h6-12,14H,4-5,13,23H2,1-3H3,(H,25,26)(H,27,29)/b11-9+,15-10+,24-12?. The lowest BCUT2D eigenvalue weighted by molar-refractivity contribution is 0.101. The first kappa shape index (κ1) is 21.9. The Morgan fingerprint density at radius 2 is 2.24 bits per heavy atom. The molecule has 0 unspecified atom stereocenters. The third-order valence-electron chi connectivity index (χ3n) is 4.24. The van der Waals surface area contributed by atoms with Crippen molar-refractivity contribution in [1.82, 2.24) is 9.97 Å². The average Bonchev–Trinajstić information content (AvgIpc) is 3.19. The third-order valence-corrected chi connectivity index (χ3v) is 4.24. The lowest BCUT2D eigenvalue weighted by Crippen LogP contribution is -2.23. The fourth-order valence-electron chi connectivity index (χ4n) is 2.77. The van der Waals surface area contributed by atoms with E-state index in [9.17, 15) is 9.18 Å². The van der Waals surface area contributed by atoms with Crippen LogP contribution in [0.4, 0.5) is 15.8 Å². The molecule has 2 rings (SSSR count). The number of carbonyl (C=O) groups excluding carboxylic acids is 1. The van der Waals surface area contributed by atoms with E-state index in [1.54, 1.807) is 49.5 Å². The fraction of sp³-hybridized carbons (Fsp3) is 0.286. The van der Waals surface area contributed by atoms with Crippen LogP contribution >= 0.6 is 0 Å². The van der Waals surface area contributed by atoms with Crippen LogP contribution < -0.4 is 16.0 Å². The number of hydrogen-bond acceptors (Lipinski definition) is 5. The molecule has 0 radical (unpaired) electrons. The number of para-hydroxylation sites is 1. The summed E-state index contributed by atoms with van der Waals surface area (Å²) in [6.07, 6.45) is 9.86. The maximum absolute atomic E-state index is 14.4. The molecule has 0 saturated heterocycles. The normalized spacial score (nSPS) is 12.1. The summed E-state index contributed by atoms with van der Waals surface area (Å²) in [4.78, 5) is 25.5. The molecule has 1 amide bonds. The molecule has 0 aliphatic carbocycles. The first-order chi connectivity index (χ1) is 14.0. The number of nitrogens with two attached hydrogens (primary N) is 1. The molecule has 1 aromatic carbocycles. The van der Waals surface area contributed by atoms with E-state index < -0.39 is 11.7 Å². The number of nitrogens with zero attached hydrogens (tertiary/aromatic N) is 3. The number of benzene rings is 1. The number of aromatic amines is 1. The van der Waals surface area contributed by atoms with Crippen LogP contribution in [0, 0.1) is 5.82 Å². The molecule has 0 bridgehead atoms. The predicted octanol–water partition coefficient (Wildman–Crippen LogP) is 3.59. The minimum absolute atomic E-state index is 0.108. The molecule has 2 aromatic rings. The van der Waals surface area contributed by atoms with Crippen LogP contribution in [0.5, 0.6) is 0 Å². The third kappa shape index (κ3) is 5.78. The predicted molar refractivity (Wildman–Crippen MR) is 117 cm³/mol. The van der Waals surface area contributed by atoms with Crippen molar-refractivity contribution in [3.8, 4) is 0 Å². The van der Waals surface area contributed by atoms with Crippen LogP contribution in [-0.2, 0) is 0 Å². The van der Waals surface area contributed by atoms with Gasteiger partial charge in [-0.1, -0.05) is 19.4 Å². The molecular formula is C21H27FN6O. The molecule has 29 heavy (non-hydrogen) atoms. The molecule has 154 valence electrons. The van der Waals surface area contributed by atoms with Gasteiger partial charge in [0, 0.05) is 32.4 Å². The number of H-pyrrole nitrogens is 1. The number of allylic oxidation sites excluding steroid dienone is 3. The summed E-state index contributed by atoms with van der Waals surface area (Å²) in [5.41, 5.74) is 7.55. The van der Waals surface area contributed by atoms with Gasteiger partial charge in [-0.3, -0.25) is 9.79 Å². The van der Waals surface area contributed by atoms with E-state index in [-0.39, 0.29) is 5.82 Å². The van der Waals surface area contributed by atoms with Gasteiger partial charge in [0.05, 0.1) is 23.3 Å². The van der Waals surface area contributed by atoms with E-state index in [0.29, 0.717) is 23.6 Å². The van der Waals surface area contributed by atoms with Gasteiger partial charge in [0.1, 0.15) is 5.82 Å². The summed E-state index contributed by atoms with van der Waals surface area (Å²) in [5.74, 6) is -0.748. The molecule has 0 aliphatic rings. The van der Waals surface area contributed by atoms with E-state index in [1.165, 1.54) is 18.5 Å². The van der Waals surface area contributed by atoms with Gasteiger partial charge < -0.3 is 20.9 Å². The SMILES string of the molecule is CCCCN(C)c1c(F)cccc1NC(=O)c1ncc(C(/C=C/N)=C/C=NC)[nH]1. The van der Waals surface area contributed by atoms with Crippen molar-refractivity contribution in [3.05, 3.63) is 60.1 Å². The highest BCUT2D eigenvalue weighted by Gasteiger charge is 2.17. The van der Waals surface area contributed by atoms with Crippen LogP contribution in [0.15, 0.2) is 47.7 Å². The second-order valence-electron chi connectivity index (χ2n) is 6.40. The van der Waals surface area contributed by atoms with Crippen LogP contribution in [0.1, 0.15) is 36.1 Å². The molecule has 0 aliphatic heterocycles. The Hall–Kier alpha value is -3.42. The minimum Gasteiger partial charge on any atom is -0.405 e. The maximum atomic E-state index is 14.4. The number of nitrogens with one attached hydrogen (secondary N) is 2. The second-order valence-corrected chi connectivity index (χ2v) is 6.40. The monoisotopic (exact) mass is 398 g/mol. The molecule has 0 fully saturated rings. The minimum atomic E-state index is -0.466. The Labute approximate surface area is 170 Å². The number of carbonyl (C=O) groups is 1. The highest BCUT2D eigenvalue weighted by atomic mass is 19.1. The largest absolute Gasteiger partial charge is 0.405 e. The van der Waals surface area contributed by atoms with Crippen molar-refractivity contribution in [3.63, 3.8) is 0 Å². The molecule has 1 heterocycles. The maximum Gasteiger partial charge on any atom is 0.291 e. The summed E-state index contributed by atoms with van der Waals surface area (Å²) in [6, 6.07) is 4.61. The van der Waals surface area contributed by atoms with E-state index in [0.717, 1.165) is 18.4 Å². The van der Waals surface area contributed by atoms with Gasteiger partial charge in [-0.2, -0.15) is 0 Å². The van der Waals surface area contributed by atoms with Crippen molar-refractivity contribution in [2.45, 2.75) is 19.8 Å². The summed E-state index contributed by atoms with van der Waals surface area (Å²) < 4.78 is 14.4. The Morgan fingerprint density at radius 1 is 1.45 bits per heavy atom. The van der Waals surface area contributed by atoms with Gasteiger partial charge in [-0.05, 0) is 36.9 Å². The Morgan fingerprint density at radius 3 is 2.93 bits per heavy atom. The number of imidazole rings is 1. The van der Waals surface area contributed by atoms with Gasteiger partial charge in [0.15, 0.2) is 5.82 Å². The summed E-state index contributed by atoms with van der Waals surface area (Å²) in [6.45, 7) is 2.76. The number of hydrogen-bond donors (Lipinski definition) is 3. The first-order valence-corrected chi connectivity index (χ1v) is 9.38. The zero-order valence-electron chi connectivity index (χ0n) is 16.9. The molecule has 4 N–H and O–H groups in total. The van der Waals surface area contributed by atoms with E-state index >= 15 is 0 Å². The number of rotatable bonds is 9. The topological polar surface area (TPSA) is 99.4 Å². The highest BCUT2D eigenvalue weighted by molar-refractivity contribution is 6.04.